The van der Waals surface area contributed by atoms with Crippen molar-refractivity contribution in [2.45, 2.75) is 13.0 Å². The second-order valence-electron chi connectivity index (χ2n) is 6.69. The Labute approximate surface area is 181 Å². The maximum Gasteiger partial charge on any atom is 0.280 e. The number of piperazine rings is 1. The summed E-state index contributed by atoms with van der Waals surface area (Å²) in [6, 6.07) is 12.6. The molecule has 1 fully saturated rings. The molecule has 1 aliphatic heterocycles. The van der Waals surface area contributed by atoms with Gasteiger partial charge in [-0.3, -0.25) is 19.8 Å². The van der Waals surface area contributed by atoms with Gasteiger partial charge in [-0.25, -0.2) is 4.39 Å². The third-order valence-corrected chi connectivity index (χ3v) is 4.84. The van der Waals surface area contributed by atoms with E-state index >= 15 is 0 Å². The van der Waals surface area contributed by atoms with Crippen molar-refractivity contribution < 1.29 is 14.1 Å². The summed E-state index contributed by atoms with van der Waals surface area (Å²) in [5.41, 5.74) is 1.13. The van der Waals surface area contributed by atoms with Crippen molar-refractivity contribution in [3.63, 3.8) is 0 Å². The van der Waals surface area contributed by atoms with E-state index in [1.54, 1.807) is 24.3 Å². The molecular formula is C20H24Cl2FN3O3. The highest BCUT2D eigenvalue weighted by Gasteiger charge is 2.21. The summed E-state index contributed by atoms with van der Waals surface area (Å²) in [5.74, 6) is -0.428. The minimum absolute atomic E-state index is 0. The van der Waals surface area contributed by atoms with Crippen molar-refractivity contribution in [1.82, 2.24) is 9.80 Å². The lowest BCUT2D eigenvalue weighted by Crippen LogP contribution is -2.46. The fraction of sp³-hybridized carbons (Fsp3) is 0.350. The predicted molar refractivity (Wildman–Crippen MR) is 115 cm³/mol. The number of rotatable bonds is 7. The maximum absolute atomic E-state index is 13.0. The van der Waals surface area contributed by atoms with Gasteiger partial charge < -0.3 is 4.90 Å². The molecule has 158 valence electrons. The van der Waals surface area contributed by atoms with Crippen molar-refractivity contribution in [1.29, 1.82) is 0 Å². The molecule has 1 saturated heterocycles. The van der Waals surface area contributed by atoms with Gasteiger partial charge in [0.2, 0.25) is 0 Å². The van der Waals surface area contributed by atoms with E-state index in [0.29, 0.717) is 6.54 Å². The summed E-state index contributed by atoms with van der Waals surface area (Å²) in [4.78, 5) is 27.4. The van der Waals surface area contributed by atoms with Crippen molar-refractivity contribution in [3.05, 3.63) is 75.6 Å². The minimum atomic E-state index is -0.512. The molecule has 0 radical (unpaired) electrons. The zero-order valence-corrected chi connectivity index (χ0v) is 17.5. The Morgan fingerprint density at radius 2 is 1.55 bits per heavy atom. The van der Waals surface area contributed by atoms with Gasteiger partial charge in [0.25, 0.3) is 5.69 Å². The van der Waals surface area contributed by atoms with Crippen molar-refractivity contribution in [3.8, 4) is 0 Å². The molecule has 0 bridgehead atoms. The zero-order chi connectivity index (χ0) is 19.2. The number of benzene rings is 2. The maximum atomic E-state index is 13.0. The highest BCUT2D eigenvalue weighted by atomic mass is 35.5. The highest BCUT2D eigenvalue weighted by Crippen LogP contribution is 2.19. The van der Waals surface area contributed by atoms with Crippen LogP contribution in [0.5, 0.6) is 0 Å². The van der Waals surface area contributed by atoms with E-state index in [2.05, 4.69) is 9.80 Å². The van der Waals surface area contributed by atoms with Crippen LogP contribution in [0, 0.1) is 15.9 Å². The van der Waals surface area contributed by atoms with Crippen LogP contribution < -0.4 is 0 Å². The number of hydrogen-bond acceptors (Lipinski definition) is 5. The van der Waals surface area contributed by atoms with E-state index in [1.165, 1.54) is 24.3 Å². The topological polar surface area (TPSA) is 66.7 Å². The molecule has 0 saturated carbocycles. The second-order valence-corrected chi connectivity index (χ2v) is 6.69. The lowest BCUT2D eigenvalue weighted by atomic mass is 10.1. The number of halogens is 3. The fourth-order valence-electron chi connectivity index (χ4n) is 3.28. The first-order valence-electron chi connectivity index (χ1n) is 8.99. The first kappa shape index (κ1) is 25.0. The summed E-state index contributed by atoms with van der Waals surface area (Å²) in [5, 5.41) is 11.1. The lowest BCUT2D eigenvalue weighted by Gasteiger charge is -2.34. The van der Waals surface area contributed by atoms with Crippen LogP contribution in [0.1, 0.15) is 22.3 Å². The van der Waals surface area contributed by atoms with Crippen LogP contribution in [0.4, 0.5) is 10.1 Å². The normalized spacial score (nSPS) is 14.5. The fourth-order valence-corrected chi connectivity index (χ4v) is 3.28. The van der Waals surface area contributed by atoms with E-state index in [-0.39, 0.29) is 54.1 Å². The first-order chi connectivity index (χ1) is 13.0. The molecule has 2 aromatic carbocycles. The molecule has 6 nitrogen and oxygen atoms in total. The van der Waals surface area contributed by atoms with Crippen LogP contribution in [0.2, 0.25) is 0 Å². The van der Waals surface area contributed by atoms with E-state index in [4.69, 9.17) is 0 Å². The summed E-state index contributed by atoms with van der Waals surface area (Å²) in [6.45, 7) is 4.79. The van der Waals surface area contributed by atoms with Gasteiger partial charge in [-0.05, 0) is 23.8 Å². The number of nitro groups is 1. The molecular weight excluding hydrogens is 420 g/mol. The van der Waals surface area contributed by atoms with Crippen molar-refractivity contribution >= 4 is 36.3 Å². The van der Waals surface area contributed by atoms with Gasteiger partial charge in [-0.2, -0.15) is 0 Å². The number of hydrogen-bond donors (Lipinski definition) is 0. The molecule has 29 heavy (non-hydrogen) atoms. The van der Waals surface area contributed by atoms with E-state index in [1.807, 2.05) is 0 Å². The molecule has 0 unspecified atom stereocenters. The van der Waals surface area contributed by atoms with Crippen LogP contribution in [0.25, 0.3) is 0 Å². The van der Waals surface area contributed by atoms with E-state index in [0.717, 1.165) is 38.3 Å². The smallest absolute Gasteiger partial charge is 0.280 e. The van der Waals surface area contributed by atoms with Crippen LogP contribution in [0.15, 0.2) is 48.5 Å². The van der Waals surface area contributed by atoms with E-state index < -0.39 is 4.92 Å². The molecule has 1 heterocycles. The Morgan fingerprint density at radius 1 is 0.966 bits per heavy atom. The molecule has 0 spiro atoms. The SMILES string of the molecule is Cl.Cl.O=C(CCN1CCN(Cc2ccc(F)cc2)CC1)c1ccccc1[N+](=O)[O-]. The van der Waals surface area contributed by atoms with Gasteiger partial charge in [-0.15, -0.1) is 24.8 Å². The van der Waals surface area contributed by atoms with Crippen molar-refractivity contribution in [2.75, 3.05) is 32.7 Å². The molecule has 3 rings (SSSR count). The molecule has 0 aromatic heterocycles. The Morgan fingerprint density at radius 3 is 2.17 bits per heavy atom. The number of nitrogens with zero attached hydrogens (tertiary/aromatic N) is 3. The molecule has 0 N–H and O–H groups in total. The summed E-state index contributed by atoms with van der Waals surface area (Å²) in [7, 11) is 0. The first-order valence-corrected chi connectivity index (χ1v) is 8.99. The van der Waals surface area contributed by atoms with Crippen LogP contribution >= 0.6 is 24.8 Å². The Bertz CT molecular complexity index is 813. The zero-order valence-electron chi connectivity index (χ0n) is 15.8. The molecule has 1 aliphatic rings. The van der Waals surface area contributed by atoms with Gasteiger partial charge in [0.1, 0.15) is 5.82 Å². The Balaban J connectivity index is 0.00000210. The predicted octanol–water partition coefficient (Wildman–Crippen LogP) is 3.97. The number of carbonyl (C=O) groups excluding carboxylic acids is 1. The number of carbonyl (C=O) groups is 1. The molecule has 0 atom stereocenters. The second kappa shape index (κ2) is 11.8. The van der Waals surface area contributed by atoms with Gasteiger partial charge in [0.15, 0.2) is 5.78 Å². The Kier molecular flexibility index (Phi) is 10.2. The number of Topliss-reactive ketones (excluding diaryl/α,β-unsaturated/α-hetero) is 1. The number of nitro benzene ring substituents is 1. The van der Waals surface area contributed by atoms with E-state index in [9.17, 15) is 19.3 Å². The van der Waals surface area contributed by atoms with Crippen molar-refractivity contribution in [2.24, 2.45) is 0 Å². The third kappa shape index (κ3) is 7.04. The Hall–Kier alpha value is -2.06. The minimum Gasteiger partial charge on any atom is -0.300 e. The van der Waals surface area contributed by atoms with Crippen LogP contribution in [-0.4, -0.2) is 53.2 Å². The van der Waals surface area contributed by atoms with Gasteiger partial charge >= 0.3 is 0 Å². The molecule has 2 aromatic rings. The molecule has 0 amide bonds. The summed E-state index contributed by atoms with van der Waals surface area (Å²) < 4.78 is 13.0. The van der Waals surface area contributed by atoms with Gasteiger partial charge in [-0.1, -0.05) is 24.3 Å². The summed E-state index contributed by atoms with van der Waals surface area (Å²) in [6.07, 6.45) is 0.267. The lowest BCUT2D eigenvalue weighted by molar-refractivity contribution is -0.385. The average molecular weight is 444 g/mol. The van der Waals surface area contributed by atoms with Crippen LogP contribution in [0.3, 0.4) is 0 Å². The largest absolute Gasteiger partial charge is 0.300 e. The number of para-hydroxylation sites is 1. The standard InChI is InChI=1S/C20H22FN3O3.2ClH/c21-17-7-5-16(6-8-17)15-23-13-11-22(12-14-23)10-9-20(25)18-3-1-2-4-19(18)24(26)27;;/h1-8H,9-15H2;2*1H. The third-order valence-electron chi connectivity index (χ3n) is 4.84. The average Bonchev–Trinajstić information content (AvgIpc) is 2.69. The highest BCUT2D eigenvalue weighted by molar-refractivity contribution is 5.99. The monoisotopic (exact) mass is 443 g/mol. The van der Waals surface area contributed by atoms with Gasteiger partial charge in [0, 0.05) is 51.8 Å². The van der Waals surface area contributed by atoms with Gasteiger partial charge in [0.05, 0.1) is 10.5 Å². The van der Waals surface area contributed by atoms with Crippen LogP contribution in [-0.2, 0) is 6.54 Å². The number of ketones is 1. The quantitative estimate of drug-likeness (QED) is 0.367. The summed E-state index contributed by atoms with van der Waals surface area (Å²) >= 11 is 0. The molecule has 9 heteroatoms. The molecule has 0 aliphatic carbocycles.